The van der Waals surface area contributed by atoms with E-state index in [1.807, 2.05) is 31.2 Å². The fourth-order valence-electron chi connectivity index (χ4n) is 2.45. The summed E-state index contributed by atoms with van der Waals surface area (Å²) >= 11 is 0. The molecule has 1 saturated carbocycles. The third-order valence-electron chi connectivity index (χ3n) is 3.75. The van der Waals surface area contributed by atoms with Crippen LogP contribution in [0, 0.1) is 5.92 Å². The van der Waals surface area contributed by atoms with Gasteiger partial charge in [0.25, 0.3) is 0 Å². The number of nitrogens with one attached hydrogen (secondary N) is 1. The number of benzene rings is 1. The van der Waals surface area contributed by atoms with Crippen molar-refractivity contribution in [1.29, 1.82) is 0 Å². The van der Waals surface area contributed by atoms with Gasteiger partial charge in [-0.15, -0.1) is 0 Å². The second-order valence-corrected chi connectivity index (χ2v) is 5.41. The summed E-state index contributed by atoms with van der Waals surface area (Å²) in [6.45, 7) is 4.33. The average molecular weight is 307 g/mol. The second-order valence-electron chi connectivity index (χ2n) is 5.41. The lowest BCUT2D eigenvalue weighted by atomic mass is 10.1. The Kier molecular flexibility index (Phi) is 6.68. The van der Waals surface area contributed by atoms with Crippen LogP contribution in [0.5, 0.6) is 5.75 Å². The first-order valence-electron chi connectivity index (χ1n) is 7.83. The highest BCUT2D eigenvalue weighted by Crippen LogP contribution is 2.47. The van der Waals surface area contributed by atoms with Crippen LogP contribution in [-0.2, 0) is 14.3 Å². The first-order chi connectivity index (χ1) is 10.8. The third-order valence-corrected chi connectivity index (χ3v) is 3.75. The Balaban J connectivity index is 1.71. The van der Waals surface area contributed by atoms with Gasteiger partial charge >= 0.3 is 0 Å². The Bertz CT molecular complexity index is 460. The normalized spacial score (nSPS) is 19.7. The Labute approximate surface area is 131 Å². The van der Waals surface area contributed by atoms with E-state index in [0.717, 1.165) is 25.2 Å². The first-order valence-corrected chi connectivity index (χ1v) is 7.83. The number of methoxy groups -OCH3 is 1. The van der Waals surface area contributed by atoms with Crippen molar-refractivity contribution >= 4 is 5.91 Å². The molecule has 1 aromatic carbocycles. The number of rotatable bonds is 10. The van der Waals surface area contributed by atoms with Gasteiger partial charge in [0, 0.05) is 32.8 Å². The highest BCUT2D eigenvalue weighted by atomic mass is 16.7. The quantitative estimate of drug-likeness (QED) is 0.532. The summed E-state index contributed by atoms with van der Waals surface area (Å²) in [6.07, 6.45) is 1.79. The smallest absolute Gasteiger partial charge is 0.223 e. The minimum absolute atomic E-state index is 0.109. The highest BCUT2D eigenvalue weighted by Gasteiger charge is 2.43. The fourth-order valence-corrected chi connectivity index (χ4v) is 2.45. The van der Waals surface area contributed by atoms with Crippen LogP contribution in [0.25, 0.3) is 0 Å². The largest absolute Gasteiger partial charge is 0.468 e. The zero-order chi connectivity index (χ0) is 15.8. The lowest BCUT2D eigenvalue weighted by Gasteiger charge is -2.07. The second kappa shape index (κ2) is 8.76. The Morgan fingerprint density at radius 3 is 2.77 bits per heavy atom. The molecule has 1 aromatic rings. The molecule has 5 heteroatoms. The molecule has 22 heavy (non-hydrogen) atoms. The van der Waals surface area contributed by atoms with Crippen molar-refractivity contribution in [2.24, 2.45) is 5.92 Å². The van der Waals surface area contributed by atoms with Crippen molar-refractivity contribution in [3.05, 3.63) is 29.8 Å². The van der Waals surface area contributed by atoms with Gasteiger partial charge in [-0.3, -0.25) is 4.79 Å². The van der Waals surface area contributed by atoms with E-state index in [-0.39, 0.29) is 18.6 Å². The number of amides is 1. The fraction of sp³-hybridized carbons (Fsp3) is 0.588. The third kappa shape index (κ3) is 5.00. The molecule has 0 saturated heterocycles. The summed E-state index contributed by atoms with van der Waals surface area (Å²) in [5, 5.41) is 2.98. The molecule has 0 aliphatic heterocycles. The van der Waals surface area contributed by atoms with E-state index in [4.69, 9.17) is 14.2 Å². The molecule has 2 unspecified atom stereocenters. The van der Waals surface area contributed by atoms with Gasteiger partial charge in [-0.1, -0.05) is 12.1 Å². The first kappa shape index (κ1) is 16.8. The molecule has 2 rings (SSSR count). The topological polar surface area (TPSA) is 56.8 Å². The van der Waals surface area contributed by atoms with Gasteiger partial charge < -0.3 is 19.5 Å². The number of carbonyl (C=O) groups excluding carboxylic acids is 1. The molecule has 1 fully saturated rings. The Morgan fingerprint density at radius 1 is 1.32 bits per heavy atom. The van der Waals surface area contributed by atoms with Gasteiger partial charge in [0.1, 0.15) is 5.75 Å². The molecule has 0 bridgehead atoms. The predicted molar refractivity (Wildman–Crippen MR) is 83.9 cm³/mol. The summed E-state index contributed by atoms with van der Waals surface area (Å²) < 4.78 is 15.5. The zero-order valence-electron chi connectivity index (χ0n) is 13.3. The van der Waals surface area contributed by atoms with Crippen molar-refractivity contribution in [2.45, 2.75) is 25.7 Å². The summed E-state index contributed by atoms with van der Waals surface area (Å²) in [6, 6.07) is 7.89. The van der Waals surface area contributed by atoms with E-state index < -0.39 is 0 Å². The predicted octanol–water partition coefficient (Wildman–Crippen LogP) is 2.32. The number of ether oxygens (including phenoxy) is 3. The molecule has 0 spiro atoms. The van der Waals surface area contributed by atoms with Gasteiger partial charge in [0.2, 0.25) is 5.91 Å². The molecule has 0 radical (unpaired) electrons. The van der Waals surface area contributed by atoms with Crippen molar-refractivity contribution in [1.82, 2.24) is 5.32 Å². The molecule has 1 amide bonds. The molecule has 0 heterocycles. The van der Waals surface area contributed by atoms with Crippen LogP contribution < -0.4 is 10.1 Å². The zero-order valence-corrected chi connectivity index (χ0v) is 13.3. The molecular weight excluding hydrogens is 282 g/mol. The van der Waals surface area contributed by atoms with Gasteiger partial charge in [0.05, 0.1) is 0 Å². The van der Waals surface area contributed by atoms with Crippen LogP contribution in [0.2, 0.25) is 0 Å². The monoisotopic (exact) mass is 307 g/mol. The van der Waals surface area contributed by atoms with Crippen LogP contribution in [0.4, 0.5) is 0 Å². The summed E-state index contributed by atoms with van der Waals surface area (Å²) in [5.74, 6) is 1.38. The number of carbonyl (C=O) groups is 1. The minimum Gasteiger partial charge on any atom is -0.468 e. The summed E-state index contributed by atoms with van der Waals surface area (Å²) in [4.78, 5) is 12.0. The molecule has 5 nitrogen and oxygen atoms in total. The van der Waals surface area contributed by atoms with E-state index in [1.165, 1.54) is 5.56 Å². The molecule has 1 aliphatic carbocycles. The van der Waals surface area contributed by atoms with Gasteiger partial charge in [-0.25, -0.2) is 0 Å². The average Bonchev–Trinajstić information content (AvgIpc) is 3.34. The molecule has 1 N–H and O–H groups in total. The van der Waals surface area contributed by atoms with Crippen LogP contribution in [0.3, 0.4) is 0 Å². The minimum atomic E-state index is 0.109. The van der Waals surface area contributed by atoms with Gasteiger partial charge in [0.15, 0.2) is 6.79 Å². The van der Waals surface area contributed by atoms with E-state index in [0.29, 0.717) is 19.1 Å². The molecule has 122 valence electrons. The van der Waals surface area contributed by atoms with Gasteiger partial charge in [-0.05, 0) is 43.4 Å². The lowest BCUT2D eigenvalue weighted by Crippen LogP contribution is -2.27. The van der Waals surface area contributed by atoms with E-state index in [9.17, 15) is 4.79 Å². The SMILES string of the molecule is CCOCCCNC(=O)C1CC1c1ccc(OCOC)cc1. The molecule has 1 aliphatic rings. The van der Waals surface area contributed by atoms with Gasteiger partial charge in [-0.2, -0.15) is 0 Å². The molecule has 2 atom stereocenters. The highest BCUT2D eigenvalue weighted by molar-refractivity contribution is 5.82. The van der Waals surface area contributed by atoms with Crippen molar-refractivity contribution < 1.29 is 19.0 Å². The molecule has 0 aromatic heterocycles. The maximum Gasteiger partial charge on any atom is 0.223 e. The van der Waals surface area contributed by atoms with E-state index >= 15 is 0 Å². The summed E-state index contributed by atoms with van der Waals surface area (Å²) in [5.41, 5.74) is 1.19. The maximum absolute atomic E-state index is 12.0. The van der Waals surface area contributed by atoms with Crippen molar-refractivity contribution in [3.63, 3.8) is 0 Å². The molecular formula is C17H25NO4. The number of hydrogen-bond donors (Lipinski definition) is 1. The van der Waals surface area contributed by atoms with Crippen LogP contribution in [-0.4, -0.2) is 39.6 Å². The van der Waals surface area contributed by atoms with Crippen molar-refractivity contribution in [3.8, 4) is 5.75 Å². The standard InChI is InChI=1S/C17H25NO4/c1-3-21-10-4-9-18-17(19)16-11-15(16)13-5-7-14(8-6-13)22-12-20-2/h5-8,15-16H,3-4,9-12H2,1-2H3,(H,18,19). The van der Waals surface area contributed by atoms with Crippen molar-refractivity contribution in [2.75, 3.05) is 33.7 Å². The number of hydrogen-bond acceptors (Lipinski definition) is 4. The maximum atomic E-state index is 12.0. The lowest BCUT2D eigenvalue weighted by molar-refractivity contribution is -0.122. The van der Waals surface area contributed by atoms with E-state index in [2.05, 4.69) is 5.32 Å². The van der Waals surface area contributed by atoms with Crippen LogP contribution in [0.1, 0.15) is 31.2 Å². The summed E-state index contributed by atoms with van der Waals surface area (Å²) in [7, 11) is 1.59. The van der Waals surface area contributed by atoms with E-state index in [1.54, 1.807) is 7.11 Å². The Morgan fingerprint density at radius 2 is 2.09 bits per heavy atom. The van der Waals surface area contributed by atoms with Crippen LogP contribution in [0.15, 0.2) is 24.3 Å². The van der Waals surface area contributed by atoms with Crippen LogP contribution >= 0.6 is 0 Å². The Hall–Kier alpha value is -1.59.